The molecule has 186 valence electrons. The molecule has 1 aliphatic heterocycles. The molecule has 0 radical (unpaired) electrons. The van der Waals surface area contributed by atoms with Crippen LogP contribution in [0, 0.1) is 20.8 Å². The molecule has 4 heterocycles. The second-order valence-electron chi connectivity index (χ2n) is 9.71. The molecule has 5 rings (SSSR count). The van der Waals surface area contributed by atoms with Gasteiger partial charge < -0.3 is 4.74 Å². The predicted octanol–water partition coefficient (Wildman–Crippen LogP) is 5.26. The van der Waals surface area contributed by atoms with Gasteiger partial charge in [-0.05, 0) is 62.9 Å². The summed E-state index contributed by atoms with van der Waals surface area (Å²) in [5.74, 6) is 1.71. The van der Waals surface area contributed by atoms with Crippen LogP contribution in [-0.2, 0) is 17.9 Å². The van der Waals surface area contributed by atoms with Crippen molar-refractivity contribution in [1.82, 2.24) is 24.5 Å². The maximum atomic E-state index is 13.0. The molecule has 0 N–H and O–H groups in total. The van der Waals surface area contributed by atoms with Gasteiger partial charge >= 0.3 is 0 Å². The monoisotopic (exact) mass is 484 g/mol. The van der Waals surface area contributed by atoms with Crippen LogP contribution in [-0.4, -0.2) is 37.6 Å². The second kappa shape index (κ2) is 9.26. The van der Waals surface area contributed by atoms with Crippen molar-refractivity contribution in [2.24, 2.45) is 0 Å². The molecular formula is C28H32N6O2. The van der Waals surface area contributed by atoms with Gasteiger partial charge in [-0.2, -0.15) is 10.2 Å². The van der Waals surface area contributed by atoms with E-state index in [4.69, 9.17) is 9.84 Å². The van der Waals surface area contributed by atoms with E-state index < -0.39 is 0 Å². The lowest BCUT2D eigenvalue weighted by atomic mass is 10.00. The molecular weight excluding hydrogens is 452 g/mol. The van der Waals surface area contributed by atoms with Gasteiger partial charge in [0.25, 0.3) is 0 Å². The van der Waals surface area contributed by atoms with E-state index in [1.807, 2.05) is 46.4 Å². The van der Waals surface area contributed by atoms with Crippen molar-refractivity contribution in [3.8, 4) is 28.4 Å². The molecule has 0 bridgehead atoms. The van der Waals surface area contributed by atoms with Crippen LogP contribution < -0.4 is 9.64 Å². The van der Waals surface area contributed by atoms with E-state index in [1.54, 1.807) is 13.3 Å². The van der Waals surface area contributed by atoms with Crippen LogP contribution in [0.25, 0.3) is 22.6 Å². The summed E-state index contributed by atoms with van der Waals surface area (Å²) in [7, 11) is 1.67. The minimum atomic E-state index is 0.104. The molecule has 8 nitrogen and oxygen atoms in total. The Morgan fingerprint density at radius 2 is 1.86 bits per heavy atom. The number of fused-ring (bicyclic) bond motifs is 1. The standard InChI is InChI=1S/C28H32N6O2/c1-17(2)34-27(20(5)15-30-34)23-14-24-32(25(35)10-12-33(24)31-23)16-21-7-8-22(19(4)13-21)26-28(36-6)18(3)9-11-29-26/h7-9,11,13-15,17H,10,12,16H2,1-6H3. The van der Waals surface area contributed by atoms with Gasteiger partial charge in [-0.1, -0.05) is 18.2 Å². The predicted molar refractivity (Wildman–Crippen MR) is 140 cm³/mol. The van der Waals surface area contributed by atoms with Crippen LogP contribution in [0.1, 0.15) is 48.6 Å². The number of carbonyl (C=O) groups excluding carboxylic acids is 1. The second-order valence-corrected chi connectivity index (χ2v) is 9.71. The largest absolute Gasteiger partial charge is 0.494 e. The number of benzene rings is 1. The smallest absolute Gasteiger partial charge is 0.230 e. The summed E-state index contributed by atoms with van der Waals surface area (Å²) in [4.78, 5) is 19.4. The quantitative estimate of drug-likeness (QED) is 0.373. The third-order valence-electron chi connectivity index (χ3n) is 6.78. The fourth-order valence-corrected chi connectivity index (χ4v) is 4.96. The molecule has 1 aliphatic rings. The van der Waals surface area contributed by atoms with Crippen LogP contribution in [0.2, 0.25) is 0 Å². The molecule has 1 amide bonds. The minimum Gasteiger partial charge on any atom is -0.494 e. The topological polar surface area (TPSA) is 78.1 Å². The first-order chi connectivity index (χ1) is 17.3. The molecule has 0 saturated carbocycles. The molecule has 8 heteroatoms. The number of anilines is 1. The van der Waals surface area contributed by atoms with E-state index in [2.05, 4.69) is 49.1 Å². The van der Waals surface area contributed by atoms with Gasteiger partial charge in [0.15, 0.2) is 0 Å². The van der Waals surface area contributed by atoms with Gasteiger partial charge in [0.1, 0.15) is 23.0 Å². The number of amides is 1. The van der Waals surface area contributed by atoms with Crippen molar-refractivity contribution in [3.05, 3.63) is 65.0 Å². The van der Waals surface area contributed by atoms with Crippen molar-refractivity contribution in [2.75, 3.05) is 12.0 Å². The molecule has 3 aromatic heterocycles. The van der Waals surface area contributed by atoms with Crippen LogP contribution in [0.3, 0.4) is 0 Å². The average molecular weight is 485 g/mol. The normalized spacial score (nSPS) is 13.4. The summed E-state index contributed by atoms with van der Waals surface area (Å²) in [5.41, 5.74) is 7.95. The number of hydrogen-bond acceptors (Lipinski definition) is 5. The lowest BCUT2D eigenvalue weighted by Crippen LogP contribution is -2.36. The molecule has 36 heavy (non-hydrogen) atoms. The first kappa shape index (κ1) is 23.8. The Morgan fingerprint density at radius 3 is 2.58 bits per heavy atom. The van der Waals surface area contributed by atoms with Crippen molar-refractivity contribution in [1.29, 1.82) is 0 Å². The Morgan fingerprint density at radius 1 is 1.06 bits per heavy atom. The Labute approximate surface area is 211 Å². The number of aryl methyl sites for hydroxylation is 4. The number of ether oxygens (including phenoxy) is 1. The highest BCUT2D eigenvalue weighted by atomic mass is 16.5. The van der Waals surface area contributed by atoms with Crippen molar-refractivity contribution in [3.63, 3.8) is 0 Å². The zero-order valence-electron chi connectivity index (χ0n) is 21.7. The number of rotatable bonds is 6. The molecule has 0 fully saturated rings. The van der Waals surface area contributed by atoms with Crippen LogP contribution in [0.15, 0.2) is 42.7 Å². The lowest BCUT2D eigenvalue weighted by molar-refractivity contribution is -0.119. The van der Waals surface area contributed by atoms with E-state index in [-0.39, 0.29) is 11.9 Å². The highest BCUT2D eigenvalue weighted by Gasteiger charge is 2.28. The lowest BCUT2D eigenvalue weighted by Gasteiger charge is -2.27. The molecule has 0 atom stereocenters. The summed E-state index contributed by atoms with van der Waals surface area (Å²) in [6.45, 7) is 11.4. The van der Waals surface area contributed by atoms with Gasteiger partial charge in [0, 0.05) is 30.3 Å². The van der Waals surface area contributed by atoms with Crippen LogP contribution in [0.5, 0.6) is 5.75 Å². The minimum absolute atomic E-state index is 0.104. The van der Waals surface area contributed by atoms with Gasteiger partial charge in [-0.3, -0.25) is 19.4 Å². The zero-order valence-corrected chi connectivity index (χ0v) is 21.7. The Balaban J connectivity index is 1.48. The first-order valence-electron chi connectivity index (χ1n) is 12.3. The van der Waals surface area contributed by atoms with Gasteiger partial charge in [0.2, 0.25) is 5.91 Å². The Bertz CT molecular complexity index is 1450. The maximum Gasteiger partial charge on any atom is 0.230 e. The average Bonchev–Trinajstić information content (AvgIpc) is 3.44. The summed E-state index contributed by atoms with van der Waals surface area (Å²) < 4.78 is 9.56. The van der Waals surface area contributed by atoms with Gasteiger partial charge in [-0.25, -0.2) is 4.68 Å². The van der Waals surface area contributed by atoms with E-state index in [9.17, 15) is 4.79 Å². The maximum absolute atomic E-state index is 13.0. The highest BCUT2D eigenvalue weighted by molar-refractivity contribution is 5.94. The molecule has 1 aromatic carbocycles. The molecule has 0 aliphatic carbocycles. The number of aromatic nitrogens is 5. The first-order valence-corrected chi connectivity index (χ1v) is 12.3. The molecule has 0 spiro atoms. The van der Waals surface area contributed by atoms with Crippen LogP contribution >= 0.6 is 0 Å². The molecule has 0 saturated heterocycles. The van der Waals surface area contributed by atoms with Crippen molar-refractivity contribution < 1.29 is 9.53 Å². The van der Waals surface area contributed by atoms with Crippen molar-refractivity contribution in [2.45, 2.75) is 60.2 Å². The highest BCUT2D eigenvalue weighted by Crippen LogP contribution is 2.35. The summed E-state index contributed by atoms with van der Waals surface area (Å²) in [6, 6.07) is 10.4. The fraction of sp³-hybridized carbons (Fsp3) is 0.357. The van der Waals surface area contributed by atoms with Crippen LogP contribution in [0.4, 0.5) is 5.82 Å². The van der Waals surface area contributed by atoms with Crippen molar-refractivity contribution >= 4 is 11.7 Å². The zero-order chi connectivity index (χ0) is 25.6. The number of methoxy groups -OCH3 is 1. The summed E-state index contributed by atoms with van der Waals surface area (Å²) in [5, 5.41) is 9.39. The molecule has 0 unspecified atom stereocenters. The fourth-order valence-electron chi connectivity index (χ4n) is 4.96. The third-order valence-corrected chi connectivity index (χ3v) is 6.78. The van der Waals surface area contributed by atoms with E-state index in [0.29, 0.717) is 19.5 Å². The summed E-state index contributed by atoms with van der Waals surface area (Å²) in [6.07, 6.45) is 4.11. The number of pyridine rings is 1. The van der Waals surface area contributed by atoms with E-state index in [0.717, 1.165) is 56.5 Å². The third kappa shape index (κ3) is 4.06. The number of carbonyl (C=O) groups is 1. The Hall–Kier alpha value is -3.94. The SMILES string of the molecule is COc1c(C)ccnc1-c1ccc(CN2C(=O)CCn3nc(-c4c(C)cnn4C(C)C)cc32)cc1C. The van der Waals surface area contributed by atoms with E-state index in [1.165, 1.54) is 0 Å². The van der Waals surface area contributed by atoms with Gasteiger partial charge in [0.05, 0.1) is 32.1 Å². The number of nitrogens with zero attached hydrogens (tertiary/aromatic N) is 6. The van der Waals surface area contributed by atoms with E-state index >= 15 is 0 Å². The molecule has 4 aromatic rings. The Kier molecular flexibility index (Phi) is 6.12. The summed E-state index contributed by atoms with van der Waals surface area (Å²) >= 11 is 0. The van der Waals surface area contributed by atoms with Gasteiger partial charge in [-0.15, -0.1) is 0 Å². The number of hydrogen-bond donors (Lipinski definition) is 0.